The van der Waals surface area contributed by atoms with Crippen molar-refractivity contribution in [2.45, 2.75) is 18.0 Å². The maximum atomic E-state index is 12.2. The standard InChI is InChI=1S/C19H18N4O3S/c24-16(13-27-17-8-4-5-10-20-17)21-15-12-23(22-18(15)19(25)26)11-9-14-6-2-1-3-7-14/h1-8,10,12H,9,11,13H2,(H,21,24)(H,25,26). The number of carboxylic acid groups (broad SMARTS) is 1. The predicted octanol–water partition coefficient (Wildman–Crippen LogP) is 2.95. The number of amides is 1. The van der Waals surface area contributed by atoms with Crippen LogP contribution in [-0.2, 0) is 17.8 Å². The number of aromatic carboxylic acids is 1. The zero-order chi connectivity index (χ0) is 19.1. The number of benzene rings is 1. The highest BCUT2D eigenvalue weighted by atomic mass is 32.2. The van der Waals surface area contributed by atoms with Crippen LogP contribution in [0.2, 0.25) is 0 Å². The van der Waals surface area contributed by atoms with Crippen molar-refractivity contribution in [3.05, 3.63) is 72.2 Å². The number of hydrogen-bond donors (Lipinski definition) is 2. The van der Waals surface area contributed by atoms with Crippen LogP contribution in [0.1, 0.15) is 16.1 Å². The third-order valence-corrected chi connectivity index (χ3v) is 4.64. The second-order valence-corrected chi connectivity index (χ2v) is 6.70. The van der Waals surface area contributed by atoms with Crippen LogP contribution in [0, 0.1) is 0 Å². The fraction of sp³-hybridized carbons (Fsp3) is 0.158. The van der Waals surface area contributed by atoms with Crippen LogP contribution < -0.4 is 5.32 Å². The molecule has 1 amide bonds. The summed E-state index contributed by atoms with van der Waals surface area (Å²) in [6.07, 6.45) is 3.92. The number of aromatic nitrogens is 3. The summed E-state index contributed by atoms with van der Waals surface area (Å²) in [6.45, 7) is 0.517. The van der Waals surface area contributed by atoms with Crippen molar-refractivity contribution in [1.82, 2.24) is 14.8 Å². The first-order chi connectivity index (χ1) is 13.1. The van der Waals surface area contributed by atoms with Crippen molar-refractivity contribution < 1.29 is 14.7 Å². The molecule has 0 bridgehead atoms. The normalized spacial score (nSPS) is 10.5. The topological polar surface area (TPSA) is 97.1 Å². The highest BCUT2D eigenvalue weighted by molar-refractivity contribution is 7.99. The lowest BCUT2D eigenvalue weighted by Crippen LogP contribution is -2.16. The van der Waals surface area contributed by atoms with Gasteiger partial charge in [0.2, 0.25) is 5.91 Å². The lowest BCUT2D eigenvalue weighted by atomic mass is 10.1. The van der Waals surface area contributed by atoms with Crippen molar-refractivity contribution in [3.63, 3.8) is 0 Å². The summed E-state index contributed by atoms with van der Waals surface area (Å²) >= 11 is 1.28. The van der Waals surface area contributed by atoms with E-state index in [1.54, 1.807) is 18.5 Å². The lowest BCUT2D eigenvalue weighted by Gasteiger charge is -2.03. The first-order valence-electron chi connectivity index (χ1n) is 8.30. The number of thioether (sulfide) groups is 1. The summed E-state index contributed by atoms with van der Waals surface area (Å²) in [4.78, 5) is 27.7. The molecule has 3 rings (SSSR count). The SMILES string of the molecule is O=C(CSc1ccccn1)Nc1cn(CCc2ccccc2)nc1C(=O)O. The average molecular weight is 382 g/mol. The third-order valence-electron chi connectivity index (χ3n) is 3.70. The van der Waals surface area contributed by atoms with Gasteiger partial charge < -0.3 is 10.4 Å². The molecule has 0 aliphatic carbocycles. The fourth-order valence-corrected chi connectivity index (χ4v) is 3.09. The number of carbonyl (C=O) groups excluding carboxylic acids is 1. The molecular weight excluding hydrogens is 364 g/mol. The van der Waals surface area contributed by atoms with Crippen LogP contribution >= 0.6 is 11.8 Å². The number of nitrogens with zero attached hydrogens (tertiary/aromatic N) is 3. The van der Waals surface area contributed by atoms with E-state index in [9.17, 15) is 14.7 Å². The first kappa shape index (κ1) is 18.7. The first-order valence-corrected chi connectivity index (χ1v) is 9.29. The molecule has 0 aliphatic heterocycles. The number of aryl methyl sites for hydroxylation is 2. The van der Waals surface area contributed by atoms with Gasteiger partial charge in [-0.25, -0.2) is 9.78 Å². The Kier molecular flexibility index (Phi) is 6.22. The molecule has 0 fully saturated rings. The van der Waals surface area contributed by atoms with E-state index < -0.39 is 5.97 Å². The molecule has 7 nitrogen and oxygen atoms in total. The Morgan fingerprint density at radius 1 is 1.11 bits per heavy atom. The highest BCUT2D eigenvalue weighted by Crippen LogP contribution is 2.17. The fourth-order valence-electron chi connectivity index (χ4n) is 2.43. The molecule has 2 heterocycles. The monoisotopic (exact) mass is 382 g/mol. The molecular formula is C19H18N4O3S. The molecule has 2 N–H and O–H groups in total. The van der Waals surface area contributed by atoms with Gasteiger partial charge in [-0.2, -0.15) is 5.10 Å². The van der Waals surface area contributed by atoms with Gasteiger partial charge in [0.15, 0.2) is 5.69 Å². The Balaban J connectivity index is 1.62. The van der Waals surface area contributed by atoms with E-state index >= 15 is 0 Å². The van der Waals surface area contributed by atoms with E-state index in [0.29, 0.717) is 13.0 Å². The van der Waals surface area contributed by atoms with Crippen LogP contribution in [0.25, 0.3) is 0 Å². The number of rotatable bonds is 8. The minimum absolute atomic E-state index is 0.130. The number of anilines is 1. The van der Waals surface area contributed by atoms with Gasteiger partial charge in [-0.15, -0.1) is 0 Å². The van der Waals surface area contributed by atoms with Gasteiger partial charge in [0, 0.05) is 18.9 Å². The van der Waals surface area contributed by atoms with Crippen molar-refractivity contribution in [3.8, 4) is 0 Å². The lowest BCUT2D eigenvalue weighted by molar-refractivity contribution is -0.113. The van der Waals surface area contributed by atoms with Crippen LogP contribution in [0.4, 0.5) is 5.69 Å². The molecule has 1 aromatic carbocycles. The maximum Gasteiger partial charge on any atom is 0.358 e. The summed E-state index contributed by atoms with van der Waals surface area (Å²) in [5, 5.41) is 16.8. The van der Waals surface area contributed by atoms with Crippen LogP contribution in [-0.4, -0.2) is 37.5 Å². The third kappa shape index (κ3) is 5.42. The molecule has 3 aromatic rings. The van der Waals surface area contributed by atoms with Crippen molar-refractivity contribution in [2.24, 2.45) is 0 Å². The second-order valence-electron chi connectivity index (χ2n) is 5.70. The molecule has 0 saturated carbocycles. The van der Waals surface area contributed by atoms with E-state index in [4.69, 9.17) is 0 Å². The van der Waals surface area contributed by atoms with Gasteiger partial charge >= 0.3 is 5.97 Å². The van der Waals surface area contributed by atoms with E-state index in [2.05, 4.69) is 15.4 Å². The summed E-state index contributed by atoms with van der Waals surface area (Å²) in [5.41, 5.74) is 1.16. The molecule has 138 valence electrons. The smallest absolute Gasteiger partial charge is 0.358 e. The Bertz CT molecular complexity index is 913. The zero-order valence-corrected chi connectivity index (χ0v) is 15.2. The van der Waals surface area contributed by atoms with Crippen LogP contribution in [0.5, 0.6) is 0 Å². The molecule has 8 heteroatoms. The minimum atomic E-state index is -1.18. The number of pyridine rings is 1. The number of carbonyl (C=O) groups is 2. The molecule has 0 radical (unpaired) electrons. The maximum absolute atomic E-state index is 12.2. The number of nitrogens with one attached hydrogen (secondary N) is 1. The van der Waals surface area contributed by atoms with E-state index in [0.717, 1.165) is 10.6 Å². The highest BCUT2D eigenvalue weighted by Gasteiger charge is 2.18. The minimum Gasteiger partial charge on any atom is -0.476 e. The van der Waals surface area contributed by atoms with Crippen molar-refractivity contribution in [1.29, 1.82) is 0 Å². The van der Waals surface area contributed by atoms with Gasteiger partial charge in [-0.05, 0) is 24.1 Å². The van der Waals surface area contributed by atoms with Gasteiger partial charge in [-0.3, -0.25) is 9.48 Å². The zero-order valence-electron chi connectivity index (χ0n) is 14.4. The van der Waals surface area contributed by atoms with Gasteiger partial charge in [0.25, 0.3) is 0 Å². The van der Waals surface area contributed by atoms with E-state index in [1.165, 1.54) is 16.4 Å². The Hall–Kier alpha value is -3.13. The average Bonchev–Trinajstić information content (AvgIpc) is 3.09. The quantitative estimate of drug-likeness (QED) is 0.582. The molecule has 0 aliphatic rings. The van der Waals surface area contributed by atoms with Crippen molar-refractivity contribution >= 4 is 29.3 Å². The van der Waals surface area contributed by atoms with Crippen LogP contribution in [0.3, 0.4) is 0 Å². The summed E-state index contributed by atoms with van der Waals surface area (Å²) < 4.78 is 1.54. The molecule has 0 atom stereocenters. The molecule has 0 saturated heterocycles. The van der Waals surface area contributed by atoms with E-state index in [1.807, 2.05) is 42.5 Å². The largest absolute Gasteiger partial charge is 0.476 e. The Morgan fingerprint density at radius 2 is 1.89 bits per heavy atom. The number of hydrogen-bond acceptors (Lipinski definition) is 5. The van der Waals surface area contributed by atoms with Gasteiger partial charge in [0.05, 0.1) is 16.5 Å². The molecule has 27 heavy (non-hydrogen) atoms. The molecule has 0 spiro atoms. The molecule has 2 aromatic heterocycles. The Labute approximate surface area is 160 Å². The van der Waals surface area contributed by atoms with Crippen molar-refractivity contribution in [2.75, 3.05) is 11.1 Å². The van der Waals surface area contributed by atoms with Gasteiger partial charge in [-0.1, -0.05) is 48.2 Å². The van der Waals surface area contributed by atoms with E-state index in [-0.39, 0.29) is 23.0 Å². The molecule has 0 unspecified atom stereocenters. The summed E-state index contributed by atoms with van der Waals surface area (Å²) in [5.74, 6) is -1.36. The van der Waals surface area contributed by atoms with Crippen LogP contribution in [0.15, 0.2) is 66.0 Å². The number of carboxylic acids is 1. The van der Waals surface area contributed by atoms with Gasteiger partial charge in [0.1, 0.15) is 0 Å². The Morgan fingerprint density at radius 3 is 2.59 bits per heavy atom. The summed E-state index contributed by atoms with van der Waals surface area (Å²) in [7, 11) is 0. The summed E-state index contributed by atoms with van der Waals surface area (Å²) in [6, 6.07) is 15.3. The predicted molar refractivity (Wildman–Crippen MR) is 103 cm³/mol. The second kappa shape index (κ2) is 9.00.